The highest BCUT2D eigenvalue weighted by atomic mass is 32.1. The van der Waals surface area contributed by atoms with Crippen LogP contribution in [0.15, 0.2) is 21.9 Å². The van der Waals surface area contributed by atoms with E-state index < -0.39 is 17.5 Å². The van der Waals surface area contributed by atoms with Gasteiger partial charge in [-0.25, -0.2) is 4.79 Å². The summed E-state index contributed by atoms with van der Waals surface area (Å²) in [6.45, 7) is 0.0209. The highest BCUT2D eigenvalue weighted by Gasteiger charge is 2.35. The Labute approximate surface area is 109 Å². The van der Waals surface area contributed by atoms with Gasteiger partial charge in [-0.05, 0) is 12.2 Å². The zero-order chi connectivity index (χ0) is 13.1. The molecule has 0 aromatic carbocycles. The first-order valence-electron chi connectivity index (χ1n) is 5.84. The van der Waals surface area contributed by atoms with Crippen molar-refractivity contribution in [1.82, 2.24) is 9.55 Å². The topological polar surface area (TPSA) is 84.3 Å². The van der Waals surface area contributed by atoms with Gasteiger partial charge in [-0.1, -0.05) is 0 Å². The van der Waals surface area contributed by atoms with Crippen molar-refractivity contribution in [1.29, 1.82) is 0 Å². The van der Waals surface area contributed by atoms with Gasteiger partial charge in [0.15, 0.2) is 0 Å². The van der Waals surface area contributed by atoms with Crippen LogP contribution < -0.4 is 11.2 Å². The predicted octanol–water partition coefficient (Wildman–Crippen LogP) is -0.247. The number of nitrogens with zero attached hydrogens (tertiary/aromatic N) is 1. The molecule has 1 aliphatic heterocycles. The molecule has 2 rings (SSSR count). The molecule has 1 aromatic rings. The van der Waals surface area contributed by atoms with Crippen LogP contribution in [0.4, 0.5) is 0 Å². The van der Waals surface area contributed by atoms with Crippen LogP contribution in [0, 0.1) is 5.92 Å². The van der Waals surface area contributed by atoms with E-state index in [1.807, 2.05) is 0 Å². The lowest BCUT2D eigenvalue weighted by molar-refractivity contribution is -0.0119. The minimum absolute atomic E-state index is 0.000906. The molecule has 1 saturated heterocycles. The quantitative estimate of drug-likeness (QED) is 0.660. The number of rotatable bonds is 4. The Morgan fingerprint density at radius 1 is 1.56 bits per heavy atom. The number of thiol groups is 1. The van der Waals surface area contributed by atoms with Gasteiger partial charge in [0.2, 0.25) is 0 Å². The summed E-state index contributed by atoms with van der Waals surface area (Å²) in [5.41, 5.74) is -0.921. The number of aromatic nitrogens is 2. The van der Waals surface area contributed by atoms with Gasteiger partial charge >= 0.3 is 5.69 Å². The Hall–Kier alpha value is -1.05. The summed E-state index contributed by atoms with van der Waals surface area (Å²) in [7, 11) is 0. The Balaban J connectivity index is 2.20. The zero-order valence-corrected chi connectivity index (χ0v) is 10.7. The van der Waals surface area contributed by atoms with Crippen LogP contribution in [0.5, 0.6) is 0 Å². The first-order chi connectivity index (χ1) is 8.65. The lowest BCUT2D eigenvalue weighted by Crippen LogP contribution is -2.31. The normalized spacial score (nSPS) is 27.6. The number of aliphatic hydroxyl groups excluding tert-OH is 1. The van der Waals surface area contributed by atoms with E-state index in [-0.39, 0.29) is 18.6 Å². The van der Waals surface area contributed by atoms with Gasteiger partial charge < -0.3 is 9.84 Å². The molecule has 2 N–H and O–H groups in total. The summed E-state index contributed by atoms with van der Waals surface area (Å²) in [5, 5.41) is 9.29. The van der Waals surface area contributed by atoms with Crippen molar-refractivity contribution in [3.8, 4) is 0 Å². The van der Waals surface area contributed by atoms with Crippen molar-refractivity contribution in [2.24, 2.45) is 5.92 Å². The zero-order valence-electron chi connectivity index (χ0n) is 9.78. The van der Waals surface area contributed by atoms with E-state index in [1.165, 1.54) is 16.8 Å². The number of nitrogens with one attached hydrogen (secondary N) is 1. The molecule has 3 atom stereocenters. The number of hydrogen-bond acceptors (Lipinski definition) is 5. The summed E-state index contributed by atoms with van der Waals surface area (Å²) >= 11 is 4.15. The van der Waals surface area contributed by atoms with E-state index in [2.05, 4.69) is 17.6 Å². The van der Waals surface area contributed by atoms with Gasteiger partial charge in [-0.15, -0.1) is 0 Å². The molecule has 100 valence electrons. The molecule has 0 amide bonds. The van der Waals surface area contributed by atoms with Crippen molar-refractivity contribution in [2.75, 3.05) is 12.4 Å². The van der Waals surface area contributed by atoms with Crippen LogP contribution >= 0.6 is 12.6 Å². The van der Waals surface area contributed by atoms with E-state index in [9.17, 15) is 14.7 Å². The van der Waals surface area contributed by atoms with Gasteiger partial charge in [0.25, 0.3) is 5.56 Å². The van der Waals surface area contributed by atoms with Gasteiger partial charge in [0, 0.05) is 31.2 Å². The standard InChI is InChI=1S/C11H16N2O4S/c14-6-7-5-10(17-8(7)2-4-18)13-3-1-9(15)12-11(13)16/h1,3,7-8,10,14,18H,2,4-6H2,(H,12,15,16). The van der Waals surface area contributed by atoms with Crippen LogP contribution in [0.3, 0.4) is 0 Å². The van der Waals surface area contributed by atoms with Gasteiger partial charge in [0.05, 0.1) is 6.10 Å². The van der Waals surface area contributed by atoms with E-state index >= 15 is 0 Å². The first kappa shape index (κ1) is 13.4. The molecule has 0 radical (unpaired) electrons. The summed E-state index contributed by atoms with van der Waals surface area (Å²) in [6.07, 6.45) is 2.17. The van der Waals surface area contributed by atoms with E-state index in [1.54, 1.807) is 0 Å². The predicted molar refractivity (Wildman–Crippen MR) is 68.9 cm³/mol. The molecule has 0 bridgehead atoms. The highest BCUT2D eigenvalue weighted by molar-refractivity contribution is 7.80. The maximum Gasteiger partial charge on any atom is 0.330 e. The number of hydrogen-bond donors (Lipinski definition) is 3. The Kier molecular flexibility index (Phi) is 4.26. The highest BCUT2D eigenvalue weighted by Crippen LogP contribution is 2.33. The molecular weight excluding hydrogens is 256 g/mol. The van der Waals surface area contributed by atoms with Crippen LogP contribution in [-0.2, 0) is 4.74 Å². The lowest BCUT2D eigenvalue weighted by atomic mass is 10.0. The number of ether oxygens (including phenoxy) is 1. The maximum atomic E-state index is 11.6. The van der Waals surface area contributed by atoms with Crippen molar-refractivity contribution in [3.63, 3.8) is 0 Å². The van der Waals surface area contributed by atoms with Crippen LogP contribution in [0.25, 0.3) is 0 Å². The van der Waals surface area contributed by atoms with Crippen molar-refractivity contribution in [3.05, 3.63) is 33.1 Å². The summed E-state index contributed by atoms with van der Waals surface area (Å²) in [5.74, 6) is 0.662. The second kappa shape index (κ2) is 5.73. The third-order valence-corrected chi connectivity index (χ3v) is 3.43. The summed E-state index contributed by atoms with van der Waals surface area (Å²) in [6, 6.07) is 1.28. The van der Waals surface area contributed by atoms with Gasteiger partial charge in [-0.2, -0.15) is 12.6 Å². The second-order valence-corrected chi connectivity index (χ2v) is 4.78. The third kappa shape index (κ3) is 2.68. The minimum Gasteiger partial charge on any atom is -0.396 e. The monoisotopic (exact) mass is 272 g/mol. The molecule has 7 heteroatoms. The molecule has 6 nitrogen and oxygen atoms in total. The van der Waals surface area contributed by atoms with E-state index in [4.69, 9.17) is 4.74 Å². The Morgan fingerprint density at radius 2 is 2.33 bits per heavy atom. The van der Waals surface area contributed by atoms with Crippen molar-refractivity contribution >= 4 is 12.6 Å². The largest absolute Gasteiger partial charge is 0.396 e. The number of H-pyrrole nitrogens is 1. The average molecular weight is 272 g/mol. The Morgan fingerprint density at radius 3 is 2.94 bits per heavy atom. The fraction of sp³-hybridized carbons (Fsp3) is 0.636. The molecule has 3 unspecified atom stereocenters. The lowest BCUT2D eigenvalue weighted by Gasteiger charge is -2.15. The number of aliphatic hydroxyl groups is 1. The van der Waals surface area contributed by atoms with Crippen molar-refractivity contribution in [2.45, 2.75) is 25.2 Å². The SMILES string of the molecule is O=c1ccn(C2CC(CO)C(CCS)O2)c(=O)[nH]1. The molecule has 0 spiro atoms. The number of aromatic amines is 1. The van der Waals surface area contributed by atoms with Crippen molar-refractivity contribution < 1.29 is 9.84 Å². The summed E-state index contributed by atoms with van der Waals surface area (Å²) < 4.78 is 7.09. The average Bonchev–Trinajstić information content (AvgIpc) is 2.72. The van der Waals surface area contributed by atoms with E-state index in [0.717, 1.165) is 6.42 Å². The molecule has 1 fully saturated rings. The molecule has 18 heavy (non-hydrogen) atoms. The van der Waals surface area contributed by atoms with Crippen LogP contribution in [0.1, 0.15) is 19.1 Å². The molecule has 1 aliphatic rings. The van der Waals surface area contributed by atoms with Crippen LogP contribution in [0.2, 0.25) is 0 Å². The maximum absolute atomic E-state index is 11.6. The van der Waals surface area contributed by atoms with E-state index in [0.29, 0.717) is 12.2 Å². The first-order valence-corrected chi connectivity index (χ1v) is 6.47. The second-order valence-electron chi connectivity index (χ2n) is 4.34. The Bertz CT molecular complexity index is 512. The van der Waals surface area contributed by atoms with Crippen LogP contribution in [-0.4, -0.2) is 33.1 Å². The third-order valence-electron chi connectivity index (χ3n) is 3.17. The molecule has 0 saturated carbocycles. The molecule has 0 aliphatic carbocycles. The molecular formula is C11H16N2O4S. The smallest absolute Gasteiger partial charge is 0.330 e. The van der Waals surface area contributed by atoms with Gasteiger partial charge in [0.1, 0.15) is 6.23 Å². The molecule has 2 heterocycles. The fourth-order valence-corrected chi connectivity index (χ4v) is 2.49. The van der Waals surface area contributed by atoms with Gasteiger partial charge in [-0.3, -0.25) is 14.3 Å². The molecule has 1 aromatic heterocycles. The summed E-state index contributed by atoms with van der Waals surface area (Å²) in [4.78, 5) is 24.8. The fourth-order valence-electron chi connectivity index (χ4n) is 2.24. The minimum atomic E-state index is -0.490.